The molecule has 0 aliphatic carbocycles. The van der Waals surface area contributed by atoms with Crippen LogP contribution in [-0.2, 0) is 20.6 Å². The Bertz CT molecular complexity index is 997. The fraction of sp³-hybridized carbons (Fsp3) is 0.350. The molecule has 1 atom stereocenters. The molecule has 1 unspecified atom stereocenters. The lowest BCUT2D eigenvalue weighted by Gasteiger charge is -2.20. The van der Waals surface area contributed by atoms with Gasteiger partial charge in [-0.05, 0) is 29.8 Å². The van der Waals surface area contributed by atoms with Crippen molar-refractivity contribution in [3.05, 3.63) is 58.1 Å². The van der Waals surface area contributed by atoms with E-state index in [0.717, 1.165) is 11.8 Å². The zero-order valence-electron chi connectivity index (χ0n) is 16.3. The molecule has 30 heavy (non-hydrogen) atoms. The number of hydrogen-bond donors (Lipinski definition) is 1. The summed E-state index contributed by atoms with van der Waals surface area (Å²) in [5.41, 5.74) is 1.32. The normalized spacial score (nSPS) is 16.4. The molecule has 1 heterocycles. The maximum Gasteiger partial charge on any atom is 0.261 e. The molecular formula is C20H22Cl2N2O4S2. The van der Waals surface area contributed by atoms with Gasteiger partial charge in [0, 0.05) is 41.1 Å². The number of halogens is 2. The SMILES string of the molecule is CS(=O)(=O)N1CCC(C(=O)NCCSCc2c(Cl)cccc2Cl)Oc2ccccc21. The Morgan fingerprint density at radius 2 is 1.90 bits per heavy atom. The number of nitrogens with zero attached hydrogens (tertiary/aromatic N) is 1. The molecule has 0 radical (unpaired) electrons. The van der Waals surface area contributed by atoms with E-state index in [2.05, 4.69) is 5.32 Å². The van der Waals surface area contributed by atoms with E-state index in [-0.39, 0.29) is 18.9 Å². The Hall–Kier alpha value is -1.61. The van der Waals surface area contributed by atoms with Crippen LogP contribution in [0.1, 0.15) is 12.0 Å². The number of sulfonamides is 1. The molecule has 1 aliphatic rings. The highest BCUT2D eigenvalue weighted by molar-refractivity contribution is 7.98. The second kappa shape index (κ2) is 10.1. The van der Waals surface area contributed by atoms with Crippen LogP contribution >= 0.6 is 35.0 Å². The fourth-order valence-corrected chi connectivity index (χ4v) is 5.60. The number of carbonyl (C=O) groups is 1. The minimum Gasteiger partial charge on any atom is -0.478 e. The lowest BCUT2D eigenvalue weighted by molar-refractivity contribution is -0.127. The molecule has 6 nitrogen and oxygen atoms in total. The van der Waals surface area contributed by atoms with Crippen molar-refractivity contribution in [2.75, 3.05) is 29.4 Å². The van der Waals surface area contributed by atoms with Gasteiger partial charge in [0.1, 0.15) is 5.75 Å². The van der Waals surface area contributed by atoms with Crippen molar-refractivity contribution in [1.29, 1.82) is 0 Å². The van der Waals surface area contributed by atoms with Crippen LogP contribution in [-0.4, -0.2) is 45.5 Å². The van der Waals surface area contributed by atoms with Gasteiger partial charge in [-0.3, -0.25) is 9.10 Å². The summed E-state index contributed by atoms with van der Waals surface area (Å²) in [7, 11) is -3.47. The summed E-state index contributed by atoms with van der Waals surface area (Å²) in [6.07, 6.45) is 0.642. The zero-order valence-corrected chi connectivity index (χ0v) is 19.5. The van der Waals surface area contributed by atoms with Crippen molar-refractivity contribution in [1.82, 2.24) is 5.32 Å². The van der Waals surface area contributed by atoms with Gasteiger partial charge < -0.3 is 10.1 Å². The summed E-state index contributed by atoms with van der Waals surface area (Å²) in [6.45, 7) is 0.622. The third kappa shape index (κ3) is 5.75. The first kappa shape index (κ1) is 23.1. The van der Waals surface area contributed by atoms with E-state index in [0.29, 0.717) is 39.5 Å². The van der Waals surface area contributed by atoms with Gasteiger partial charge in [0.25, 0.3) is 5.91 Å². The van der Waals surface area contributed by atoms with Crippen LogP contribution in [0.15, 0.2) is 42.5 Å². The highest BCUT2D eigenvalue weighted by Gasteiger charge is 2.30. The van der Waals surface area contributed by atoms with Gasteiger partial charge in [-0.2, -0.15) is 11.8 Å². The van der Waals surface area contributed by atoms with Crippen molar-refractivity contribution in [3.8, 4) is 5.75 Å². The van der Waals surface area contributed by atoms with Gasteiger partial charge in [-0.15, -0.1) is 0 Å². The molecule has 0 spiro atoms. The summed E-state index contributed by atoms with van der Waals surface area (Å²) in [5.74, 6) is 1.43. The molecule has 1 aliphatic heterocycles. The first-order valence-corrected chi connectivity index (χ1v) is 13.0. The number of amides is 1. The fourth-order valence-electron chi connectivity index (χ4n) is 3.06. The molecule has 162 valence electrons. The first-order chi connectivity index (χ1) is 14.3. The smallest absolute Gasteiger partial charge is 0.261 e. The molecule has 0 fully saturated rings. The average molecular weight is 489 g/mol. The van der Waals surface area contributed by atoms with E-state index >= 15 is 0 Å². The van der Waals surface area contributed by atoms with Crippen LogP contribution in [0.2, 0.25) is 10.0 Å². The minimum atomic E-state index is -3.47. The third-order valence-electron chi connectivity index (χ3n) is 4.54. The van der Waals surface area contributed by atoms with Gasteiger partial charge in [-0.25, -0.2) is 8.42 Å². The number of ether oxygens (including phenoxy) is 1. The predicted octanol–water partition coefficient (Wildman–Crippen LogP) is 3.96. The van der Waals surface area contributed by atoms with Gasteiger partial charge in [0.2, 0.25) is 10.0 Å². The summed E-state index contributed by atoms with van der Waals surface area (Å²) in [4.78, 5) is 12.6. The van der Waals surface area contributed by atoms with E-state index < -0.39 is 16.1 Å². The molecular weight excluding hydrogens is 467 g/mol. The second-order valence-corrected chi connectivity index (χ2v) is 10.6. The Morgan fingerprint density at radius 1 is 1.20 bits per heavy atom. The third-order valence-corrected chi connectivity index (χ3v) is 7.42. The second-order valence-electron chi connectivity index (χ2n) is 6.74. The molecule has 3 rings (SSSR count). The van der Waals surface area contributed by atoms with Gasteiger partial charge in [0.15, 0.2) is 6.10 Å². The number of para-hydroxylation sites is 2. The summed E-state index contributed by atoms with van der Waals surface area (Å²) in [5, 5.41) is 4.11. The monoisotopic (exact) mass is 488 g/mol. The number of carbonyl (C=O) groups excluding carboxylic acids is 1. The lowest BCUT2D eigenvalue weighted by Crippen LogP contribution is -2.40. The zero-order chi connectivity index (χ0) is 21.7. The molecule has 2 aromatic rings. The number of fused-ring (bicyclic) bond motifs is 1. The van der Waals surface area contributed by atoms with E-state index in [1.54, 1.807) is 54.2 Å². The molecule has 0 saturated carbocycles. The Morgan fingerprint density at radius 3 is 2.60 bits per heavy atom. The Kier molecular flexibility index (Phi) is 7.79. The van der Waals surface area contributed by atoms with Gasteiger partial charge in [-0.1, -0.05) is 41.4 Å². The van der Waals surface area contributed by atoms with Crippen LogP contribution in [0.5, 0.6) is 5.75 Å². The number of thioether (sulfide) groups is 1. The topological polar surface area (TPSA) is 75.7 Å². The first-order valence-electron chi connectivity index (χ1n) is 9.29. The van der Waals surface area contributed by atoms with E-state index in [1.807, 2.05) is 0 Å². The Labute approximate surface area is 190 Å². The Balaban J connectivity index is 1.54. The molecule has 0 bridgehead atoms. The molecule has 1 amide bonds. The average Bonchev–Trinajstić information content (AvgIpc) is 2.89. The van der Waals surface area contributed by atoms with Crippen molar-refractivity contribution in [2.45, 2.75) is 18.3 Å². The van der Waals surface area contributed by atoms with Crippen molar-refractivity contribution >= 4 is 56.6 Å². The minimum absolute atomic E-state index is 0.174. The molecule has 0 aromatic heterocycles. The number of anilines is 1. The van der Waals surface area contributed by atoms with Crippen LogP contribution in [0.3, 0.4) is 0 Å². The summed E-state index contributed by atoms with van der Waals surface area (Å²) >= 11 is 13.9. The van der Waals surface area contributed by atoms with E-state index in [9.17, 15) is 13.2 Å². The van der Waals surface area contributed by atoms with Crippen LogP contribution in [0.25, 0.3) is 0 Å². The molecule has 2 aromatic carbocycles. The highest BCUT2D eigenvalue weighted by atomic mass is 35.5. The van der Waals surface area contributed by atoms with E-state index in [1.165, 1.54) is 4.31 Å². The molecule has 1 N–H and O–H groups in total. The maximum absolute atomic E-state index is 12.6. The molecule has 10 heteroatoms. The largest absolute Gasteiger partial charge is 0.478 e. The summed E-state index contributed by atoms with van der Waals surface area (Å²) in [6, 6.07) is 12.2. The van der Waals surface area contributed by atoms with Crippen molar-refractivity contribution < 1.29 is 17.9 Å². The quantitative estimate of drug-likeness (QED) is 0.596. The van der Waals surface area contributed by atoms with Crippen LogP contribution in [0.4, 0.5) is 5.69 Å². The number of benzene rings is 2. The van der Waals surface area contributed by atoms with Crippen LogP contribution < -0.4 is 14.4 Å². The number of rotatable bonds is 7. The highest BCUT2D eigenvalue weighted by Crippen LogP contribution is 2.34. The van der Waals surface area contributed by atoms with Crippen LogP contribution in [0, 0.1) is 0 Å². The number of nitrogens with one attached hydrogen (secondary N) is 1. The number of hydrogen-bond acceptors (Lipinski definition) is 5. The van der Waals surface area contributed by atoms with Crippen molar-refractivity contribution in [3.63, 3.8) is 0 Å². The molecule has 0 saturated heterocycles. The van der Waals surface area contributed by atoms with Gasteiger partial charge >= 0.3 is 0 Å². The standard InChI is InChI=1S/C20H22Cl2N2O4S2/c1-30(26,27)24-11-9-19(28-18-8-3-2-7-17(18)24)20(25)23-10-12-29-13-14-15(21)5-4-6-16(14)22/h2-8,19H,9-13H2,1H3,(H,23,25). The van der Waals surface area contributed by atoms with Gasteiger partial charge in [0.05, 0.1) is 11.9 Å². The summed E-state index contributed by atoms with van der Waals surface area (Å²) < 4.78 is 31.4. The lowest BCUT2D eigenvalue weighted by atomic mass is 10.2. The maximum atomic E-state index is 12.6. The van der Waals surface area contributed by atoms with Crippen molar-refractivity contribution in [2.24, 2.45) is 0 Å². The van der Waals surface area contributed by atoms with E-state index in [4.69, 9.17) is 27.9 Å². The predicted molar refractivity (Wildman–Crippen MR) is 123 cm³/mol.